The predicted octanol–water partition coefficient (Wildman–Crippen LogP) is 3.54. The molecule has 0 amide bonds. The zero-order valence-corrected chi connectivity index (χ0v) is 12.6. The Morgan fingerprint density at radius 1 is 1.37 bits per heavy atom. The van der Waals surface area contributed by atoms with Gasteiger partial charge in [0.05, 0.1) is 5.56 Å². The summed E-state index contributed by atoms with van der Waals surface area (Å²) < 4.78 is 0.829. The molecule has 0 aliphatic rings. The van der Waals surface area contributed by atoms with E-state index < -0.39 is 5.97 Å². The van der Waals surface area contributed by atoms with Crippen molar-refractivity contribution in [1.82, 2.24) is 5.32 Å². The molecule has 2 aromatic rings. The van der Waals surface area contributed by atoms with Crippen molar-refractivity contribution in [3.05, 3.63) is 56.2 Å². The Balaban J connectivity index is 1.84. The molecule has 3 nitrogen and oxygen atoms in total. The Morgan fingerprint density at radius 3 is 2.84 bits per heavy atom. The van der Waals surface area contributed by atoms with E-state index in [0.29, 0.717) is 5.56 Å². The maximum atomic E-state index is 10.8. The van der Waals surface area contributed by atoms with Gasteiger partial charge in [-0.3, -0.25) is 0 Å². The number of hydrogen-bond donors (Lipinski definition) is 2. The Hall–Kier alpha value is -1.17. The van der Waals surface area contributed by atoms with E-state index in [0.717, 1.165) is 29.5 Å². The van der Waals surface area contributed by atoms with Crippen LogP contribution in [0.25, 0.3) is 0 Å². The highest BCUT2D eigenvalue weighted by Crippen LogP contribution is 2.18. The zero-order chi connectivity index (χ0) is 13.7. The lowest BCUT2D eigenvalue weighted by atomic mass is 10.1. The molecule has 0 spiro atoms. The summed E-state index contributed by atoms with van der Waals surface area (Å²) in [4.78, 5) is 10.8. The van der Waals surface area contributed by atoms with E-state index in [1.54, 1.807) is 23.5 Å². The second-order valence-electron chi connectivity index (χ2n) is 4.17. The normalized spacial score (nSPS) is 10.6. The Morgan fingerprint density at radius 2 is 2.21 bits per heavy atom. The van der Waals surface area contributed by atoms with Crippen molar-refractivity contribution in [1.29, 1.82) is 0 Å². The summed E-state index contributed by atoms with van der Waals surface area (Å²) in [5.41, 5.74) is 2.71. The summed E-state index contributed by atoms with van der Waals surface area (Å²) in [6.07, 6.45) is 1.01. The van der Waals surface area contributed by atoms with Crippen LogP contribution in [0.2, 0.25) is 0 Å². The van der Waals surface area contributed by atoms with E-state index in [2.05, 4.69) is 38.1 Å². The summed E-state index contributed by atoms with van der Waals surface area (Å²) in [6, 6.07) is 7.23. The highest BCUT2D eigenvalue weighted by atomic mass is 79.9. The van der Waals surface area contributed by atoms with E-state index in [-0.39, 0.29) is 0 Å². The monoisotopic (exact) mass is 339 g/mol. The number of carboxylic acid groups (broad SMARTS) is 1. The van der Waals surface area contributed by atoms with E-state index >= 15 is 0 Å². The molecule has 0 fully saturated rings. The minimum Gasteiger partial charge on any atom is -0.478 e. The molecule has 0 atom stereocenters. The molecule has 0 unspecified atom stereocenters. The Kier molecular flexibility index (Phi) is 5.13. The van der Waals surface area contributed by atoms with Crippen LogP contribution in [0, 0.1) is 0 Å². The third-order valence-electron chi connectivity index (χ3n) is 2.79. The van der Waals surface area contributed by atoms with Gasteiger partial charge in [-0.15, -0.1) is 0 Å². The summed E-state index contributed by atoms with van der Waals surface area (Å²) in [5.74, 6) is -0.905. The van der Waals surface area contributed by atoms with Crippen molar-refractivity contribution in [2.24, 2.45) is 0 Å². The molecule has 100 valence electrons. The van der Waals surface area contributed by atoms with Gasteiger partial charge in [-0.2, -0.15) is 11.3 Å². The molecule has 1 heterocycles. The van der Waals surface area contributed by atoms with Crippen LogP contribution in [0.5, 0.6) is 0 Å². The number of rotatable bonds is 6. The van der Waals surface area contributed by atoms with E-state index in [1.165, 1.54) is 5.56 Å². The SMILES string of the molecule is O=C(O)c1ccc(CNCCc2ccsc2)c(Br)c1. The number of halogens is 1. The predicted molar refractivity (Wildman–Crippen MR) is 80.8 cm³/mol. The number of aromatic carboxylic acids is 1. The highest BCUT2D eigenvalue weighted by molar-refractivity contribution is 9.10. The second-order valence-corrected chi connectivity index (χ2v) is 5.80. The van der Waals surface area contributed by atoms with Crippen molar-refractivity contribution in [3.63, 3.8) is 0 Å². The van der Waals surface area contributed by atoms with Crippen molar-refractivity contribution >= 4 is 33.2 Å². The molecule has 0 bridgehead atoms. The van der Waals surface area contributed by atoms with Gasteiger partial charge in [0.25, 0.3) is 0 Å². The molecule has 0 radical (unpaired) electrons. The van der Waals surface area contributed by atoms with Crippen LogP contribution < -0.4 is 5.32 Å². The van der Waals surface area contributed by atoms with Crippen LogP contribution >= 0.6 is 27.3 Å². The molecule has 1 aromatic heterocycles. The van der Waals surface area contributed by atoms with E-state index in [4.69, 9.17) is 5.11 Å². The van der Waals surface area contributed by atoms with E-state index in [1.807, 2.05) is 6.07 Å². The van der Waals surface area contributed by atoms with Gasteiger partial charge in [0.15, 0.2) is 0 Å². The molecular weight excluding hydrogens is 326 g/mol. The summed E-state index contributed by atoms with van der Waals surface area (Å²) in [5, 5.41) is 16.5. The molecule has 0 aliphatic carbocycles. The lowest BCUT2D eigenvalue weighted by molar-refractivity contribution is 0.0697. The first-order valence-electron chi connectivity index (χ1n) is 5.90. The molecule has 19 heavy (non-hydrogen) atoms. The number of nitrogens with one attached hydrogen (secondary N) is 1. The average Bonchev–Trinajstić information content (AvgIpc) is 2.89. The third-order valence-corrected chi connectivity index (χ3v) is 4.26. The first kappa shape index (κ1) is 14.2. The van der Waals surface area contributed by atoms with Gasteiger partial charge in [0.2, 0.25) is 0 Å². The van der Waals surface area contributed by atoms with Crippen LogP contribution in [0.4, 0.5) is 0 Å². The topological polar surface area (TPSA) is 49.3 Å². The quantitative estimate of drug-likeness (QED) is 0.791. The van der Waals surface area contributed by atoms with Crippen LogP contribution in [-0.4, -0.2) is 17.6 Å². The van der Waals surface area contributed by atoms with E-state index in [9.17, 15) is 4.79 Å². The van der Waals surface area contributed by atoms with Crippen molar-refractivity contribution in [2.75, 3.05) is 6.54 Å². The fourth-order valence-corrected chi connectivity index (χ4v) is 2.94. The molecule has 0 aliphatic heterocycles. The van der Waals surface area contributed by atoms with Crippen LogP contribution in [-0.2, 0) is 13.0 Å². The largest absolute Gasteiger partial charge is 0.478 e. The molecule has 0 saturated carbocycles. The van der Waals surface area contributed by atoms with Crippen molar-refractivity contribution < 1.29 is 9.90 Å². The van der Waals surface area contributed by atoms with Crippen LogP contribution in [0.15, 0.2) is 39.5 Å². The minimum absolute atomic E-state index is 0.300. The fraction of sp³-hybridized carbons (Fsp3) is 0.214. The highest BCUT2D eigenvalue weighted by Gasteiger charge is 2.06. The van der Waals surface area contributed by atoms with Crippen molar-refractivity contribution in [3.8, 4) is 0 Å². The number of benzene rings is 1. The molecule has 5 heteroatoms. The summed E-state index contributed by atoms with van der Waals surface area (Å²) >= 11 is 5.11. The molecular formula is C14H14BrNO2S. The first-order valence-corrected chi connectivity index (χ1v) is 7.64. The molecule has 0 saturated heterocycles. The van der Waals surface area contributed by atoms with Crippen LogP contribution in [0.3, 0.4) is 0 Å². The molecule has 2 N–H and O–H groups in total. The number of hydrogen-bond acceptors (Lipinski definition) is 3. The van der Waals surface area contributed by atoms with Gasteiger partial charge in [-0.1, -0.05) is 22.0 Å². The lowest BCUT2D eigenvalue weighted by Crippen LogP contribution is -2.16. The number of carboxylic acids is 1. The standard InChI is InChI=1S/C14H14BrNO2S/c15-13-7-11(14(17)18)1-2-12(13)8-16-5-3-10-4-6-19-9-10/h1-2,4,6-7,9,16H,3,5,8H2,(H,17,18). The van der Waals surface area contributed by atoms with Gasteiger partial charge < -0.3 is 10.4 Å². The summed E-state index contributed by atoms with van der Waals surface area (Å²) in [7, 11) is 0. The maximum absolute atomic E-state index is 10.8. The fourth-order valence-electron chi connectivity index (χ4n) is 1.71. The van der Waals surface area contributed by atoms with Gasteiger partial charge >= 0.3 is 5.97 Å². The molecule has 1 aromatic carbocycles. The maximum Gasteiger partial charge on any atom is 0.335 e. The average molecular weight is 340 g/mol. The molecule has 2 rings (SSSR count). The minimum atomic E-state index is -0.905. The number of thiophene rings is 1. The smallest absolute Gasteiger partial charge is 0.335 e. The van der Waals surface area contributed by atoms with Gasteiger partial charge in [0.1, 0.15) is 0 Å². The van der Waals surface area contributed by atoms with Crippen molar-refractivity contribution in [2.45, 2.75) is 13.0 Å². The van der Waals surface area contributed by atoms with Gasteiger partial charge in [0, 0.05) is 11.0 Å². The zero-order valence-electron chi connectivity index (χ0n) is 10.2. The number of carbonyl (C=O) groups is 1. The third kappa shape index (κ3) is 4.16. The Labute approximate surface area is 124 Å². The van der Waals surface area contributed by atoms with Crippen LogP contribution in [0.1, 0.15) is 21.5 Å². The van der Waals surface area contributed by atoms with Gasteiger partial charge in [-0.25, -0.2) is 4.79 Å². The lowest BCUT2D eigenvalue weighted by Gasteiger charge is -2.07. The summed E-state index contributed by atoms with van der Waals surface area (Å²) in [6.45, 7) is 1.63. The first-order chi connectivity index (χ1) is 9.16. The van der Waals surface area contributed by atoms with Gasteiger partial charge in [-0.05, 0) is 53.1 Å². The second kappa shape index (κ2) is 6.84. The Bertz CT molecular complexity index is 555.